The average molecular weight is 248 g/mol. The summed E-state index contributed by atoms with van der Waals surface area (Å²) in [6.45, 7) is 10.3. The van der Waals surface area contributed by atoms with Gasteiger partial charge in [-0.2, -0.15) is 5.10 Å². The first-order valence-corrected chi connectivity index (χ1v) is 5.48. The molecule has 0 saturated carbocycles. The number of aliphatic hydroxyl groups excluding tert-OH is 1. The van der Waals surface area contributed by atoms with Crippen LogP contribution in [0.5, 0.6) is 0 Å². The summed E-state index contributed by atoms with van der Waals surface area (Å²) in [6, 6.07) is 0. The molecule has 0 fully saturated rings. The van der Waals surface area contributed by atoms with Crippen molar-refractivity contribution in [3.8, 4) is 0 Å². The number of rotatable bonds is 5. The third-order valence-corrected chi connectivity index (χ3v) is 2.57. The zero-order valence-electron chi connectivity index (χ0n) is 10.4. The summed E-state index contributed by atoms with van der Waals surface area (Å²) < 4.78 is 2.01. The first kappa shape index (κ1) is 15.4. The lowest BCUT2D eigenvalue weighted by atomic mass is 10.2. The largest absolute Gasteiger partial charge is 0.392 e. The molecule has 5 heteroatoms. The molecule has 0 aliphatic heterocycles. The third kappa shape index (κ3) is 3.77. The van der Waals surface area contributed by atoms with E-state index >= 15 is 0 Å². The Kier molecular flexibility index (Phi) is 6.64. The smallest absolute Gasteiger partial charge is 0.0641 e. The number of aryl methyl sites for hydroxylation is 2. The molecule has 0 radical (unpaired) electrons. The highest BCUT2D eigenvalue weighted by molar-refractivity contribution is 5.85. The molecule has 1 rings (SSSR count). The lowest BCUT2D eigenvalue weighted by molar-refractivity contribution is 0.191. The quantitative estimate of drug-likeness (QED) is 0.827. The Morgan fingerprint density at radius 3 is 2.50 bits per heavy atom. The first-order valence-electron chi connectivity index (χ1n) is 5.48. The van der Waals surface area contributed by atoms with Crippen LogP contribution in [0.15, 0.2) is 0 Å². The van der Waals surface area contributed by atoms with Crippen LogP contribution in [-0.4, -0.2) is 27.5 Å². The lowest BCUT2D eigenvalue weighted by Gasteiger charge is -2.07. The molecule has 1 unspecified atom stereocenters. The number of hydrogen-bond acceptors (Lipinski definition) is 3. The monoisotopic (exact) mass is 247 g/mol. The number of nitrogens with zero attached hydrogens (tertiary/aromatic N) is 2. The van der Waals surface area contributed by atoms with E-state index in [4.69, 9.17) is 5.11 Å². The second-order valence-corrected chi connectivity index (χ2v) is 3.95. The molecular formula is C11H22ClN3O. The third-order valence-electron chi connectivity index (χ3n) is 2.57. The predicted molar refractivity (Wildman–Crippen MR) is 68.0 cm³/mol. The Hall–Kier alpha value is -0.580. The molecule has 0 spiro atoms. The number of aliphatic hydroxyl groups is 1. The van der Waals surface area contributed by atoms with Crippen LogP contribution in [0.3, 0.4) is 0 Å². The molecule has 1 atom stereocenters. The van der Waals surface area contributed by atoms with Crippen LogP contribution in [-0.2, 0) is 13.1 Å². The van der Waals surface area contributed by atoms with E-state index in [0.717, 1.165) is 18.8 Å². The number of aromatic nitrogens is 2. The fraction of sp³-hybridized carbons (Fsp3) is 0.727. The molecule has 94 valence electrons. The Labute approximate surface area is 103 Å². The van der Waals surface area contributed by atoms with Crippen LogP contribution >= 0.6 is 12.4 Å². The van der Waals surface area contributed by atoms with Gasteiger partial charge in [0.15, 0.2) is 0 Å². The van der Waals surface area contributed by atoms with Gasteiger partial charge in [0, 0.05) is 30.9 Å². The Bertz CT molecular complexity index is 323. The van der Waals surface area contributed by atoms with Gasteiger partial charge >= 0.3 is 0 Å². The fourth-order valence-corrected chi connectivity index (χ4v) is 1.70. The fourth-order valence-electron chi connectivity index (χ4n) is 1.70. The summed E-state index contributed by atoms with van der Waals surface area (Å²) in [7, 11) is 0. The number of halogens is 1. The van der Waals surface area contributed by atoms with E-state index in [1.165, 1.54) is 11.3 Å². The van der Waals surface area contributed by atoms with Crippen LogP contribution in [0.4, 0.5) is 0 Å². The molecule has 0 aliphatic carbocycles. The first-order chi connectivity index (χ1) is 7.06. The van der Waals surface area contributed by atoms with E-state index in [2.05, 4.69) is 24.3 Å². The van der Waals surface area contributed by atoms with Gasteiger partial charge in [-0.15, -0.1) is 12.4 Å². The van der Waals surface area contributed by atoms with E-state index in [1.807, 2.05) is 11.6 Å². The minimum atomic E-state index is -0.299. The molecule has 0 bridgehead atoms. The van der Waals surface area contributed by atoms with E-state index in [-0.39, 0.29) is 18.5 Å². The summed E-state index contributed by atoms with van der Waals surface area (Å²) in [6.07, 6.45) is -0.299. The molecule has 2 N–H and O–H groups in total. The van der Waals surface area contributed by atoms with Crippen molar-refractivity contribution >= 4 is 12.4 Å². The zero-order chi connectivity index (χ0) is 11.4. The van der Waals surface area contributed by atoms with Crippen LogP contribution in [0.1, 0.15) is 30.8 Å². The van der Waals surface area contributed by atoms with Crippen molar-refractivity contribution in [2.45, 2.75) is 46.9 Å². The summed E-state index contributed by atoms with van der Waals surface area (Å²) >= 11 is 0. The predicted octanol–water partition coefficient (Wildman–Crippen LogP) is 1.41. The van der Waals surface area contributed by atoms with Gasteiger partial charge in [-0.25, -0.2) is 0 Å². The Balaban J connectivity index is 0.00000225. The van der Waals surface area contributed by atoms with Crippen molar-refractivity contribution in [1.29, 1.82) is 0 Å². The number of hydrogen-bond donors (Lipinski definition) is 2. The van der Waals surface area contributed by atoms with E-state index < -0.39 is 0 Å². The van der Waals surface area contributed by atoms with Gasteiger partial charge in [0.25, 0.3) is 0 Å². The summed E-state index contributed by atoms with van der Waals surface area (Å²) in [5, 5.41) is 16.8. The molecule has 1 heterocycles. The van der Waals surface area contributed by atoms with Gasteiger partial charge < -0.3 is 10.4 Å². The topological polar surface area (TPSA) is 50.1 Å². The molecule has 0 aromatic carbocycles. The van der Waals surface area contributed by atoms with Crippen LogP contribution in [0.2, 0.25) is 0 Å². The Morgan fingerprint density at radius 2 is 2.06 bits per heavy atom. The summed E-state index contributed by atoms with van der Waals surface area (Å²) in [4.78, 5) is 0. The van der Waals surface area contributed by atoms with Crippen molar-refractivity contribution in [2.75, 3.05) is 6.54 Å². The second kappa shape index (κ2) is 6.89. The van der Waals surface area contributed by atoms with Gasteiger partial charge in [0.2, 0.25) is 0 Å². The molecule has 16 heavy (non-hydrogen) atoms. The molecule has 0 amide bonds. The zero-order valence-corrected chi connectivity index (χ0v) is 11.3. The highest BCUT2D eigenvalue weighted by Crippen LogP contribution is 2.12. The Morgan fingerprint density at radius 1 is 1.44 bits per heavy atom. The van der Waals surface area contributed by atoms with Crippen molar-refractivity contribution < 1.29 is 5.11 Å². The summed E-state index contributed by atoms with van der Waals surface area (Å²) in [5.41, 5.74) is 3.54. The molecule has 4 nitrogen and oxygen atoms in total. The van der Waals surface area contributed by atoms with Crippen LogP contribution in [0, 0.1) is 13.8 Å². The second-order valence-electron chi connectivity index (χ2n) is 3.95. The van der Waals surface area contributed by atoms with Gasteiger partial charge in [0.1, 0.15) is 0 Å². The minimum absolute atomic E-state index is 0. The summed E-state index contributed by atoms with van der Waals surface area (Å²) in [5.74, 6) is 0. The van der Waals surface area contributed by atoms with Crippen LogP contribution in [0.25, 0.3) is 0 Å². The lowest BCUT2D eigenvalue weighted by Crippen LogP contribution is -2.24. The maximum absolute atomic E-state index is 9.14. The van der Waals surface area contributed by atoms with Gasteiger partial charge in [0.05, 0.1) is 11.8 Å². The molecule has 1 aromatic rings. The van der Waals surface area contributed by atoms with Crippen molar-refractivity contribution in [2.24, 2.45) is 0 Å². The molecule has 0 aliphatic rings. The maximum Gasteiger partial charge on any atom is 0.0641 e. The molecular weight excluding hydrogens is 226 g/mol. The average Bonchev–Trinajstić information content (AvgIpc) is 2.44. The highest BCUT2D eigenvalue weighted by atomic mass is 35.5. The minimum Gasteiger partial charge on any atom is -0.392 e. The molecule has 0 saturated heterocycles. The van der Waals surface area contributed by atoms with Crippen molar-refractivity contribution in [3.63, 3.8) is 0 Å². The van der Waals surface area contributed by atoms with E-state index in [9.17, 15) is 0 Å². The van der Waals surface area contributed by atoms with Gasteiger partial charge in [-0.05, 0) is 27.7 Å². The standard InChI is InChI=1S/C11H21N3O.ClH/c1-5-14-10(4)11(9(3)13-14)7-12-6-8(2)15;/h8,12,15H,5-7H2,1-4H3;1H. The van der Waals surface area contributed by atoms with Gasteiger partial charge in [-0.1, -0.05) is 0 Å². The molecule has 1 aromatic heterocycles. The number of nitrogens with one attached hydrogen (secondary N) is 1. The van der Waals surface area contributed by atoms with Crippen molar-refractivity contribution in [1.82, 2.24) is 15.1 Å². The van der Waals surface area contributed by atoms with Gasteiger partial charge in [-0.3, -0.25) is 4.68 Å². The normalized spacial score (nSPS) is 12.3. The SMILES string of the molecule is CCn1nc(C)c(CNCC(C)O)c1C.Cl. The van der Waals surface area contributed by atoms with Crippen LogP contribution < -0.4 is 5.32 Å². The van der Waals surface area contributed by atoms with E-state index in [0.29, 0.717) is 6.54 Å². The van der Waals surface area contributed by atoms with E-state index in [1.54, 1.807) is 6.92 Å². The van der Waals surface area contributed by atoms with Crippen molar-refractivity contribution in [3.05, 3.63) is 17.0 Å². The maximum atomic E-state index is 9.14. The highest BCUT2D eigenvalue weighted by Gasteiger charge is 2.09.